The number of hydrogen-bond donors (Lipinski definition) is 2. The maximum Gasteiger partial charge on any atom is 0.152 e. The van der Waals surface area contributed by atoms with Crippen LogP contribution in [0, 0.1) is 0 Å². The third-order valence-electron chi connectivity index (χ3n) is 3.46. The van der Waals surface area contributed by atoms with Crippen molar-refractivity contribution in [2.24, 2.45) is 5.73 Å². The summed E-state index contributed by atoms with van der Waals surface area (Å²) < 4.78 is 1.71. The van der Waals surface area contributed by atoms with E-state index in [4.69, 9.17) is 16.3 Å². The van der Waals surface area contributed by atoms with E-state index in [0.717, 1.165) is 42.5 Å². The summed E-state index contributed by atoms with van der Waals surface area (Å²) in [6.45, 7) is 1.30. The molecule has 0 fully saturated rings. The molecule has 0 saturated carbocycles. The van der Waals surface area contributed by atoms with Crippen LogP contribution in [0.1, 0.15) is 30.5 Å². The zero-order valence-electron chi connectivity index (χ0n) is 11.4. The van der Waals surface area contributed by atoms with Crippen molar-refractivity contribution in [3.05, 3.63) is 23.7 Å². The first-order valence-electron chi connectivity index (χ1n) is 6.96. The van der Waals surface area contributed by atoms with Crippen molar-refractivity contribution in [2.75, 3.05) is 18.9 Å². The van der Waals surface area contributed by atoms with Crippen molar-refractivity contribution in [3.63, 3.8) is 0 Å². The van der Waals surface area contributed by atoms with Gasteiger partial charge in [0.05, 0.1) is 5.69 Å². The molecule has 1 aliphatic rings. The van der Waals surface area contributed by atoms with Crippen LogP contribution in [0.25, 0.3) is 17.1 Å². The number of imidazole rings is 1. The van der Waals surface area contributed by atoms with E-state index >= 15 is 0 Å². The number of pyridine rings is 1. The second-order valence-electron chi connectivity index (χ2n) is 4.90. The number of aromatic nitrogens is 3. The first-order chi connectivity index (χ1) is 9.81. The van der Waals surface area contributed by atoms with Crippen LogP contribution in [0.2, 0.25) is 0 Å². The monoisotopic (exact) mass is 273 g/mol. The molecule has 0 unspecified atom stereocenters. The molecular formula is C14H19N5O. The van der Waals surface area contributed by atoms with E-state index in [1.807, 2.05) is 0 Å². The Morgan fingerprint density at radius 3 is 3.10 bits per heavy atom. The summed E-state index contributed by atoms with van der Waals surface area (Å²) in [7, 11) is 0. The highest BCUT2D eigenvalue weighted by atomic mass is 16.7. The topological polar surface area (TPSA) is 92.0 Å². The SMILES string of the molecule is NCCCCOn1cnc2c(N)nc3c(c21)C=CCC3. The van der Waals surface area contributed by atoms with Crippen LogP contribution in [0.3, 0.4) is 0 Å². The third-order valence-corrected chi connectivity index (χ3v) is 3.46. The average Bonchev–Trinajstić information content (AvgIpc) is 2.89. The van der Waals surface area contributed by atoms with Gasteiger partial charge in [-0.3, -0.25) is 0 Å². The number of nitrogens with zero attached hydrogens (tertiary/aromatic N) is 3. The van der Waals surface area contributed by atoms with Crippen LogP contribution in [-0.2, 0) is 6.42 Å². The van der Waals surface area contributed by atoms with E-state index in [2.05, 4.69) is 22.1 Å². The van der Waals surface area contributed by atoms with Gasteiger partial charge in [-0.05, 0) is 32.2 Å². The average molecular weight is 273 g/mol. The van der Waals surface area contributed by atoms with Gasteiger partial charge >= 0.3 is 0 Å². The van der Waals surface area contributed by atoms with Gasteiger partial charge in [-0.15, -0.1) is 0 Å². The smallest absolute Gasteiger partial charge is 0.152 e. The van der Waals surface area contributed by atoms with E-state index in [-0.39, 0.29) is 0 Å². The quantitative estimate of drug-likeness (QED) is 0.797. The van der Waals surface area contributed by atoms with Gasteiger partial charge in [0, 0.05) is 5.56 Å². The molecular weight excluding hydrogens is 254 g/mol. The van der Waals surface area contributed by atoms with Gasteiger partial charge in [0.2, 0.25) is 0 Å². The van der Waals surface area contributed by atoms with Crippen molar-refractivity contribution < 1.29 is 4.84 Å². The number of fused-ring (bicyclic) bond motifs is 3. The predicted octanol–water partition coefficient (Wildman–Crippen LogP) is 1.14. The maximum absolute atomic E-state index is 5.99. The van der Waals surface area contributed by atoms with E-state index in [0.29, 0.717) is 24.5 Å². The van der Waals surface area contributed by atoms with Crippen molar-refractivity contribution in [3.8, 4) is 0 Å². The lowest BCUT2D eigenvalue weighted by Gasteiger charge is -2.14. The molecule has 0 amide bonds. The fourth-order valence-corrected chi connectivity index (χ4v) is 2.46. The van der Waals surface area contributed by atoms with Crippen molar-refractivity contribution in [1.29, 1.82) is 0 Å². The molecule has 106 valence electrons. The summed E-state index contributed by atoms with van der Waals surface area (Å²) in [6.07, 6.45) is 9.66. The molecule has 0 aliphatic heterocycles. The lowest BCUT2D eigenvalue weighted by molar-refractivity contribution is 0.116. The van der Waals surface area contributed by atoms with Gasteiger partial charge in [0.1, 0.15) is 24.0 Å². The fourth-order valence-electron chi connectivity index (χ4n) is 2.46. The maximum atomic E-state index is 5.99. The lowest BCUT2D eigenvalue weighted by atomic mass is 10.0. The summed E-state index contributed by atoms with van der Waals surface area (Å²) in [5, 5.41) is 0. The van der Waals surface area contributed by atoms with Crippen LogP contribution >= 0.6 is 0 Å². The van der Waals surface area contributed by atoms with Gasteiger partial charge in [0.15, 0.2) is 5.82 Å². The van der Waals surface area contributed by atoms with Gasteiger partial charge in [-0.2, -0.15) is 4.73 Å². The zero-order valence-corrected chi connectivity index (χ0v) is 11.4. The number of rotatable bonds is 5. The Hall–Kier alpha value is -2.08. The highest BCUT2D eigenvalue weighted by molar-refractivity contribution is 5.92. The van der Waals surface area contributed by atoms with Crippen molar-refractivity contribution in [2.45, 2.75) is 25.7 Å². The van der Waals surface area contributed by atoms with Gasteiger partial charge < -0.3 is 16.3 Å². The second-order valence-corrected chi connectivity index (χ2v) is 4.90. The number of aryl methyl sites for hydroxylation is 1. The summed E-state index contributed by atoms with van der Waals surface area (Å²) in [5.74, 6) is 0.471. The van der Waals surface area contributed by atoms with Gasteiger partial charge in [-0.25, -0.2) is 9.97 Å². The first-order valence-corrected chi connectivity index (χ1v) is 6.96. The summed E-state index contributed by atoms with van der Waals surface area (Å²) in [6, 6.07) is 0. The number of nitrogens with two attached hydrogens (primary N) is 2. The van der Waals surface area contributed by atoms with E-state index < -0.39 is 0 Å². The van der Waals surface area contributed by atoms with Crippen LogP contribution in [0.4, 0.5) is 5.82 Å². The Morgan fingerprint density at radius 1 is 1.35 bits per heavy atom. The van der Waals surface area contributed by atoms with E-state index in [1.54, 1.807) is 11.1 Å². The summed E-state index contributed by atoms with van der Waals surface area (Å²) >= 11 is 0. The first kappa shape index (κ1) is 12.9. The Labute approximate surface area is 117 Å². The third kappa shape index (κ3) is 2.22. The molecule has 6 heteroatoms. The van der Waals surface area contributed by atoms with Crippen LogP contribution in [0.5, 0.6) is 0 Å². The van der Waals surface area contributed by atoms with Crippen LogP contribution < -0.4 is 16.3 Å². The van der Waals surface area contributed by atoms with Gasteiger partial charge in [0.25, 0.3) is 0 Å². The Balaban J connectivity index is 1.97. The normalized spacial score (nSPS) is 13.7. The molecule has 0 spiro atoms. The highest BCUT2D eigenvalue weighted by Crippen LogP contribution is 2.28. The van der Waals surface area contributed by atoms with Gasteiger partial charge in [-0.1, -0.05) is 12.2 Å². The zero-order chi connectivity index (χ0) is 13.9. The molecule has 0 atom stereocenters. The molecule has 0 saturated heterocycles. The molecule has 20 heavy (non-hydrogen) atoms. The minimum Gasteiger partial charge on any atom is -0.412 e. The largest absolute Gasteiger partial charge is 0.412 e. The van der Waals surface area contributed by atoms with E-state index in [1.165, 1.54) is 0 Å². The number of hydrogen-bond acceptors (Lipinski definition) is 5. The number of allylic oxidation sites excluding steroid dienone is 1. The van der Waals surface area contributed by atoms with E-state index in [9.17, 15) is 0 Å². The van der Waals surface area contributed by atoms with Crippen LogP contribution in [-0.4, -0.2) is 27.9 Å². The number of anilines is 1. The summed E-state index contributed by atoms with van der Waals surface area (Å²) in [4.78, 5) is 14.5. The minimum atomic E-state index is 0.471. The molecule has 1 aliphatic carbocycles. The molecule has 0 bridgehead atoms. The highest BCUT2D eigenvalue weighted by Gasteiger charge is 2.18. The Kier molecular flexibility index (Phi) is 3.56. The van der Waals surface area contributed by atoms with Crippen molar-refractivity contribution in [1.82, 2.24) is 14.7 Å². The second kappa shape index (κ2) is 5.50. The van der Waals surface area contributed by atoms with Crippen LogP contribution in [0.15, 0.2) is 12.4 Å². The standard InChI is InChI=1S/C14H19N5O/c15-7-3-4-8-20-19-9-17-12-13(19)10-5-1-2-6-11(10)18-14(12)16/h1,5,9H,2-4,6-8,15H2,(H2,16,18). The minimum absolute atomic E-state index is 0.471. The lowest BCUT2D eigenvalue weighted by Crippen LogP contribution is -2.14. The molecule has 0 aromatic carbocycles. The Bertz CT molecular complexity index is 647. The predicted molar refractivity (Wildman–Crippen MR) is 79.0 cm³/mol. The molecule has 3 rings (SSSR count). The summed E-state index contributed by atoms with van der Waals surface area (Å²) in [5.41, 5.74) is 15.2. The molecule has 6 nitrogen and oxygen atoms in total. The molecule has 0 radical (unpaired) electrons. The number of unbranched alkanes of at least 4 members (excludes halogenated alkanes) is 1. The molecule has 2 heterocycles. The fraction of sp³-hybridized carbons (Fsp3) is 0.429. The Morgan fingerprint density at radius 2 is 2.25 bits per heavy atom. The number of nitrogen functional groups attached to an aromatic ring is 1. The van der Waals surface area contributed by atoms with Crippen molar-refractivity contribution >= 4 is 22.9 Å². The molecule has 4 N–H and O–H groups in total. The molecule has 2 aromatic heterocycles. The molecule has 2 aromatic rings.